The Labute approximate surface area is 114 Å². The highest BCUT2D eigenvalue weighted by atomic mass is 35.5. The summed E-state index contributed by atoms with van der Waals surface area (Å²) < 4.78 is 11.7. The molecule has 100 valence electrons. The molecule has 0 bridgehead atoms. The molecule has 0 aliphatic carbocycles. The third-order valence-electron chi connectivity index (χ3n) is 3.48. The van der Waals surface area contributed by atoms with Crippen molar-refractivity contribution in [2.24, 2.45) is 0 Å². The summed E-state index contributed by atoms with van der Waals surface area (Å²) in [6, 6.07) is 7.92. The minimum absolute atomic E-state index is 0. The molecule has 0 spiro atoms. The van der Waals surface area contributed by atoms with Crippen LogP contribution in [0.3, 0.4) is 0 Å². The van der Waals surface area contributed by atoms with Crippen molar-refractivity contribution in [1.82, 2.24) is 4.90 Å². The first kappa shape index (κ1) is 13.5. The summed E-state index contributed by atoms with van der Waals surface area (Å²) in [4.78, 5) is 2.49. The van der Waals surface area contributed by atoms with Crippen LogP contribution in [0, 0.1) is 0 Å². The van der Waals surface area contributed by atoms with E-state index in [9.17, 15) is 0 Å². The minimum atomic E-state index is 0. The van der Waals surface area contributed by atoms with E-state index in [2.05, 4.69) is 4.90 Å². The topological polar surface area (TPSA) is 21.7 Å². The SMILES string of the molecule is Cl.c1ccc2c(c1)OC[C@H](CN1CCCCC1)O2. The number of fused-ring (bicyclic) bond motifs is 1. The number of halogens is 1. The highest BCUT2D eigenvalue weighted by Crippen LogP contribution is 2.31. The standard InChI is InChI=1S/C14H19NO2.ClH/c1-4-8-15(9-5-1)10-12-11-16-13-6-2-3-7-14(13)17-12;/h2-3,6-7,12H,1,4-5,8-11H2;1H/t12-;/m0./s1. The number of piperidine rings is 1. The Kier molecular flexibility index (Phi) is 4.72. The lowest BCUT2D eigenvalue weighted by molar-refractivity contribution is 0.0533. The van der Waals surface area contributed by atoms with Gasteiger partial charge in [-0.1, -0.05) is 18.6 Å². The Hall–Kier alpha value is -0.930. The fourth-order valence-corrected chi connectivity index (χ4v) is 2.58. The summed E-state index contributed by atoms with van der Waals surface area (Å²) in [6.45, 7) is 4.09. The Morgan fingerprint density at radius 3 is 2.56 bits per heavy atom. The summed E-state index contributed by atoms with van der Waals surface area (Å²) >= 11 is 0. The quantitative estimate of drug-likeness (QED) is 0.824. The molecule has 3 nitrogen and oxygen atoms in total. The van der Waals surface area contributed by atoms with Crippen LogP contribution in [0.1, 0.15) is 19.3 Å². The van der Waals surface area contributed by atoms with E-state index < -0.39 is 0 Å². The maximum Gasteiger partial charge on any atom is 0.161 e. The molecular formula is C14H20ClNO2. The monoisotopic (exact) mass is 269 g/mol. The van der Waals surface area contributed by atoms with Crippen molar-refractivity contribution in [3.8, 4) is 11.5 Å². The van der Waals surface area contributed by atoms with Crippen molar-refractivity contribution in [3.63, 3.8) is 0 Å². The molecule has 1 saturated heterocycles. The van der Waals surface area contributed by atoms with Gasteiger partial charge in [0.05, 0.1) is 0 Å². The maximum atomic E-state index is 5.97. The molecule has 0 unspecified atom stereocenters. The van der Waals surface area contributed by atoms with Crippen molar-refractivity contribution in [2.45, 2.75) is 25.4 Å². The summed E-state index contributed by atoms with van der Waals surface area (Å²) in [5, 5.41) is 0. The van der Waals surface area contributed by atoms with Gasteiger partial charge in [0.15, 0.2) is 11.5 Å². The first-order valence-electron chi connectivity index (χ1n) is 6.53. The normalized spacial score (nSPS) is 23.2. The number of hydrogen-bond acceptors (Lipinski definition) is 3. The summed E-state index contributed by atoms with van der Waals surface area (Å²) in [6.07, 6.45) is 4.21. The second kappa shape index (κ2) is 6.30. The van der Waals surface area contributed by atoms with E-state index in [0.29, 0.717) is 6.61 Å². The maximum absolute atomic E-state index is 5.97. The van der Waals surface area contributed by atoms with E-state index in [1.165, 1.54) is 32.4 Å². The second-order valence-electron chi connectivity index (χ2n) is 4.86. The van der Waals surface area contributed by atoms with Crippen LogP contribution in [0.25, 0.3) is 0 Å². The lowest BCUT2D eigenvalue weighted by atomic mass is 10.1. The first-order valence-corrected chi connectivity index (χ1v) is 6.53. The van der Waals surface area contributed by atoms with E-state index in [4.69, 9.17) is 9.47 Å². The zero-order valence-electron chi connectivity index (χ0n) is 10.5. The molecular weight excluding hydrogens is 250 g/mol. The molecule has 2 aliphatic rings. The Morgan fingerprint density at radius 2 is 1.78 bits per heavy atom. The van der Waals surface area contributed by atoms with Crippen molar-refractivity contribution >= 4 is 12.4 Å². The second-order valence-corrected chi connectivity index (χ2v) is 4.86. The van der Waals surface area contributed by atoms with Crippen LogP contribution in [-0.2, 0) is 0 Å². The number of ether oxygens (including phenoxy) is 2. The van der Waals surface area contributed by atoms with Crippen molar-refractivity contribution in [3.05, 3.63) is 24.3 Å². The first-order chi connectivity index (χ1) is 8.42. The molecule has 1 atom stereocenters. The molecule has 4 heteroatoms. The third-order valence-corrected chi connectivity index (χ3v) is 3.48. The van der Waals surface area contributed by atoms with Gasteiger partial charge in [-0.15, -0.1) is 12.4 Å². The molecule has 0 saturated carbocycles. The molecule has 1 aromatic rings. The molecule has 1 fully saturated rings. The van der Waals surface area contributed by atoms with Crippen molar-refractivity contribution in [2.75, 3.05) is 26.2 Å². The van der Waals surface area contributed by atoms with Crippen molar-refractivity contribution in [1.29, 1.82) is 0 Å². The molecule has 18 heavy (non-hydrogen) atoms. The summed E-state index contributed by atoms with van der Waals surface area (Å²) in [5.74, 6) is 1.77. The zero-order valence-corrected chi connectivity index (χ0v) is 11.3. The average Bonchev–Trinajstić information content (AvgIpc) is 2.40. The predicted octanol–water partition coefficient (Wildman–Crippen LogP) is 2.73. The van der Waals surface area contributed by atoms with Gasteiger partial charge in [-0.25, -0.2) is 0 Å². The van der Waals surface area contributed by atoms with E-state index in [1.807, 2.05) is 24.3 Å². The molecule has 0 N–H and O–H groups in total. The van der Waals surface area contributed by atoms with Gasteiger partial charge in [-0.3, -0.25) is 4.90 Å². The van der Waals surface area contributed by atoms with Crippen LogP contribution < -0.4 is 9.47 Å². The number of para-hydroxylation sites is 2. The largest absolute Gasteiger partial charge is 0.486 e. The van der Waals surface area contributed by atoms with Gasteiger partial charge >= 0.3 is 0 Å². The van der Waals surface area contributed by atoms with Crippen molar-refractivity contribution < 1.29 is 9.47 Å². The lowest BCUT2D eigenvalue weighted by Crippen LogP contribution is -2.42. The molecule has 0 radical (unpaired) electrons. The number of likely N-dealkylation sites (tertiary alicyclic amines) is 1. The number of nitrogens with zero attached hydrogens (tertiary/aromatic N) is 1. The Morgan fingerprint density at radius 1 is 1.06 bits per heavy atom. The van der Waals surface area contributed by atoms with Gasteiger partial charge in [0, 0.05) is 6.54 Å². The van der Waals surface area contributed by atoms with Crippen LogP contribution in [0.15, 0.2) is 24.3 Å². The number of benzene rings is 1. The zero-order chi connectivity index (χ0) is 11.5. The van der Waals surface area contributed by atoms with Crippen LogP contribution >= 0.6 is 12.4 Å². The van der Waals surface area contributed by atoms with E-state index in [-0.39, 0.29) is 18.5 Å². The van der Waals surface area contributed by atoms with Crippen LogP contribution in [0.4, 0.5) is 0 Å². The van der Waals surface area contributed by atoms with E-state index in [1.54, 1.807) is 0 Å². The van der Waals surface area contributed by atoms with Crippen LogP contribution in [0.2, 0.25) is 0 Å². The summed E-state index contributed by atoms with van der Waals surface area (Å²) in [5.41, 5.74) is 0. The highest BCUT2D eigenvalue weighted by molar-refractivity contribution is 5.85. The number of hydrogen-bond donors (Lipinski definition) is 0. The molecule has 1 aromatic carbocycles. The Balaban J connectivity index is 0.00000120. The van der Waals surface area contributed by atoms with Crippen LogP contribution in [-0.4, -0.2) is 37.2 Å². The molecule has 3 rings (SSSR count). The molecule has 2 aliphatic heterocycles. The van der Waals surface area contributed by atoms with Gasteiger partial charge in [-0.2, -0.15) is 0 Å². The molecule has 0 amide bonds. The van der Waals surface area contributed by atoms with Crippen LogP contribution in [0.5, 0.6) is 11.5 Å². The van der Waals surface area contributed by atoms with Gasteiger partial charge in [0.25, 0.3) is 0 Å². The van der Waals surface area contributed by atoms with E-state index in [0.717, 1.165) is 18.0 Å². The predicted molar refractivity (Wildman–Crippen MR) is 73.9 cm³/mol. The van der Waals surface area contributed by atoms with Gasteiger partial charge in [-0.05, 0) is 38.1 Å². The summed E-state index contributed by atoms with van der Waals surface area (Å²) in [7, 11) is 0. The minimum Gasteiger partial charge on any atom is -0.486 e. The highest BCUT2D eigenvalue weighted by Gasteiger charge is 2.23. The molecule has 2 heterocycles. The van der Waals surface area contributed by atoms with Gasteiger partial charge < -0.3 is 9.47 Å². The fourth-order valence-electron chi connectivity index (χ4n) is 2.58. The Bertz CT molecular complexity index is 380. The lowest BCUT2D eigenvalue weighted by Gasteiger charge is -2.33. The smallest absolute Gasteiger partial charge is 0.161 e. The van der Waals surface area contributed by atoms with Gasteiger partial charge in [0.1, 0.15) is 12.7 Å². The number of rotatable bonds is 2. The van der Waals surface area contributed by atoms with E-state index >= 15 is 0 Å². The fraction of sp³-hybridized carbons (Fsp3) is 0.571. The molecule has 0 aromatic heterocycles. The van der Waals surface area contributed by atoms with Gasteiger partial charge in [0.2, 0.25) is 0 Å². The third kappa shape index (κ3) is 3.09. The average molecular weight is 270 g/mol.